The molecule has 1 aliphatic carbocycles. The molecule has 18 heavy (non-hydrogen) atoms. The molecule has 106 valence electrons. The molecule has 1 saturated heterocycles. The quantitative estimate of drug-likeness (QED) is 0.757. The van der Waals surface area contributed by atoms with Crippen molar-refractivity contribution in [3.63, 3.8) is 0 Å². The van der Waals surface area contributed by atoms with Gasteiger partial charge in [-0.15, -0.1) is 0 Å². The Bertz CT molecular complexity index is 223. The van der Waals surface area contributed by atoms with E-state index in [1.165, 1.54) is 64.7 Å². The summed E-state index contributed by atoms with van der Waals surface area (Å²) in [4.78, 5) is 5.40. The lowest BCUT2D eigenvalue weighted by molar-refractivity contribution is 0.0568. The predicted octanol–water partition coefficient (Wildman–Crippen LogP) is 3.37. The molecular weight excluding hydrogens is 220 g/mol. The third-order valence-corrected chi connectivity index (χ3v) is 5.11. The lowest BCUT2D eigenvalue weighted by Gasteiger charge is -2.43. The van der Waals surface area contributed by atoms with Gasteiger partial charge in [0.1, 0.15) is 0 Å². The molecule has 0 amide bonds. The van der Waals surface area contributed by atoms with Crippen LogP contribution in [-0.4, -0.2) is 48.1 Å². The Balaban J connectivity index is 1.71. The average molecular weight is 252 g/mol. The van der Waals surface area contributed by atoms with Gasteiger partial charge in [-0.2, -0.15) is 0 Å². The second-order valence-electron chi connectivity index (χ2n) is 6.63. The van der Waals surface area contributed by atoms with Crippen LogP contribution in [0.3, 0.4) is 0 Å². The average Bonchev–Trinajstić information content (AvgIpc) is 2.40. The summed E-state index contributed by atoms with van der Waals surface area (Å²) in [5.41, 5.74) is 0. The first kappa shape index (κ1) is 14.3. The van der Waals surface area contributed by atoms with Crippen LogP contribution in [-0.2, 0) is 0 Å². The van der Waals surface area contributed by atoms with Crippen LogP contribution in [0.15, 0.2) is 0 Å². The molecule has 2 fully saturated rings. The van der Waals surface area contributed by atoms with E-state index in [0.717, 1.165) is 18.0 Å². The van der Waals surface area contributed by atoms with Gasteiger partial charge >= 0.3 is 0 Å². The number of hydrogen-bond donors (Lipinski definition) is 0. The van der Waals surface area contributed by atoms with Crippen LogP contribution in [0.4, 0.5) is 0 Å². The SMILES string of the molecule is CCC[C@H]1CC[C@@H](N2CCN(C(C)C)CC2)CC1. The van der Waals surface area contributed by atoms with E-state index in [4.69, 9.17) is 0 Å². The van der Waals surface area contributed by atoms with Crippen LogP contribution in [0.25, 0.3) is 0 Å². The van der Waals surface area contributed by atoms with Crippen molar-refractivity contribution in [2.24, 2.45) is 5.92 Å². The molecule has 0 aromatic heterocycles. The van der Waals surface area contributed by atoms with Gasteiger partial charge in [-0.3, -0.25) is 9.80 Å². The van der Waals surface area contributed by atoms with Gasteiger partial charge in [0.2, 0.25) is 0 Å². The van der Waals surface area contributed by atoms with Crippen molar-refractivity contribution in [3.8, 4) is 0 Å². The molecule has 0 aromatic carbocycles. The first-order valence-corrected chi connectivity index (χ1v) is 8.18. The Morgan fingerprint density at radius 1 is 0.944 bits per heavy atom. The monoisotopic (exact) mass is 252 g/mol. The highest BCUT2D eigenvalue weighted by Crippen LogP contribution is 2.30. The Labute approximate surface area is 114 Å². The Morgan fingerprint density at radius 3 is 2.06 bits per heavy atom. The summed E-state index contributed by atoms with van der Waals surface area (Å²) in [6, 6.07) is 1.64. The van der Waals surface area contributed by atoms with Crippen molar-refractivity contribution in [3.05, 3.63) is 0 Å². The van der Waals surface area contributed by atoms with Crippen molar-refractivity contribution < 1.29 is 0 Å². The summed E-state index contributed by atoms with van der Waals surface area (Å²) in [5, 5.41) is 0. The molecule has 0 bridgehead atoms. The highest BCUT2D eigenvalue weighted by atomic mass is 15.3. The second kappa shape index (κ2) is 6.91. The summed E-state index contributed by atoms with van der Waals surface area (Å²) < 4.78 is 0. The molecule has 1 saturated carbocycles. The van der Waals surface area contributed by atoms with E-state index < -0.39 is 0 Å². The topological polar surface area (TPSA) is 6.48 Å². The fraction of sp³-hybridized carbons (Fsp3) is 1.00. The van der Waals surface area contributed by atoms with Crippen LogP contribution in [0.5, 0.6) is 0 Å². The predicted molar refractivity (Wildman–Crippen MR) is 78.9 cm³/mol. The number of piperazine rings is 1. The lowest BCUT2D eigenvalue weighted by atomic mass is 9.83. The van der Waals surface area contributed by atoms with Crippen molar-refractivity contribution in [1.82, 2.24) is 9.80 Å². The Hall–Kier alpha value is -0.0800. The van der Waals surface area contributed by atoms with Gasteiger partial charge in [0, 0.05) is 38.3 Å². The molecular formula is C16H32N2. The molecule has 2 rings (SSSR count). The van der Waals surface area contributed by atoms with E-state index in [2.05, 4.69) is 30.6 Å². The molecule has 0 spiro atoms. The van der Waals surface area contributed by atoms with Gasteiger partial charge in [0.05, 0.1) is 0 Å². The minimum absolute atomic E-state index is 0.729. The minimum atomic E-state index is 0.729. The number of hydrogen-bond acceptors (Lipinski definition) is 2. The smallest absolute Gasteiger partial charge is 0.0113 e. The van der Waals surface area contributed by atoms with E-state index in [-0.39, 0.29) is 0 Å². The van der Waals surface area contributed by atoms with E-state index in [0.29, 0.717) is 0 Å². The first-order valence-electron chi connectivity index (χ1n) is 8.18. The third kappa shape index (κ3) is 3.71. The van der Waals surface area contributed by atoms with E-state index in [1.54, 1.807) is 0 Å². The summed E-state index contributed by atoms with van der Waals surface area (Å²) in [5.74, 6) is 1.04. The van der Waals surface area contributed by atoms with Crippen LogP contribution >= 0.6 is 0 Å². The van der Waals surface area contributed by atoms with Gasteiger partial charge in [0.15, 0.2) is 0 Å². The third-order valence-electron chi connectivity index (χ3n) is 5.11. The molecule has 0 N–H and O–H groups in total. The van der Waals surface area contributed by atoms with Crippen LogP contribution in [0.2, 0.25) is 0 Å². The molecule has 0 atom stereocenters. The standard InChI is InChI=1S/C16H32N2/c1-4-5-15-6-8-16(9-7-15)18-12-10-17(11-13-18)14(2)3/h14-16H,4-13H2,1-3H3/t15-,16+. The van der Waals surface area contributed by atoms with E-state index in [1.807, 2.05) is 0 Å². The maximum absolute atomic E-state index is 2.78. The zero-order valence-corrected chi connectivity index (χ0v) is 12.7. The molecule has 0 radical (unpaired) electrons. The molecule has 0 unspecified atom stereocenters. The van der Waals surface area contributed by atoms with Crippen molar-refractivity contribution in [1.29, 1.82) is 0 Å². The van der Waals surface area contributed by atoms with E-state index >= 15 is 0 Å². The highest BCUT2D eigenvalue weighted by Gasteiger charge is 2.28. The fourth-order valence-electron chi connectivity index (χ4n) is 3.83. The summed E-state index contributed by atoms with van der Waals surface area (Å²) in [6.45, 7) is 12.2. The van der Waals surface area contributed by atoms with Gasteiger partial charge in [-0.05, 0) is 45.4 Å². The Kier molecular flexibility index (Phi) is 5.50. The normalized spacial score (nSPS) is 32.0. The van der Waals surface area contributed by atoms with Crippen molar-refractivity contribution in [2.75, 3.05) is 26.2 Å². The van der Waals surface area contributed by atoms with Gasteiger partial charge in [0.25, 0.3) is 0 Å². The zero-order valence-electron chi connectivity index (χ0n) is 12.7. The summed E-state index contributed by atoms with van der Waals surface area (Å²) >= 11 is 0. The van der Waals surface area contributed by atoms with Crippen molar-refractivity contribution >= 4 is 0 Å². The largest absolute Gasteiger partial charge is 0.298 e. The molecule has 2 heteroatoms. The van der Waals surface area contributed by atoms with Gasteiger partial charge in [-0.25, -0.2) is 0 Å². The zero-order chi connectivity index (χ0) is 13.0. The van der Waals surface area contributed by atoms with Crippen molar-refractivity contribution in [2.45, 2.75) is 71.4 Å². The maximum atomic E-state index is 2.78. The highest BCUT2D eigenvalue weighted by molar-refractivity contribution is 4.83. The maximum Gasteiger partial charge on any atom is 0.0113 e. The minimum Gasteiger partial charge on any atom is -0.298 e. The second-order valence-corrected chi connectivity index (χ2v) is 6.63. The van der Waals surface area contributed by atoms with Crippen LogP contribution in [0.1, 0.15) is 59.3 Å². The molecule has 2 aliphatic rings. The Morgan fingerprint density at radius 2 is 1.56 bits per heavy atom. The molecule has 1 aliphatic heterocycles. The van der Waals surface area contributed by atoms with Gasteiger partial charge in [-0.1, -0.05) is 19.8 Å². The summed E-state index contributed by atoms with van der Waals surface area (Å²) in [7, 11) is 0. The van der Waals surface area contributed by atoms with Crippen LogP contribution < -0.4 is 0 Å². The summed E-state index contributed by atoms with van der Waals surface area (Å²) in [6.07, 6.45) is 8.75. The van der Waals surface area contributed by atoms with E-state index in [9.17, 15) is 0 Å². The molecule has 0 aromatic rings. The lowest BCUT2D eigenvalue weighted by Crippen LogP contribution is -2.52. The van der Waals surface area contributed by atoms with Crippen LogP contribution in [0, 0.1) is 5.92 Å². The fourth-order valence-corrected chi connectivity index (χ4v) is 3.83. The number of rotatable bonds is 4. The molecule has 1 heterocycles. The number of nitrogens with zero attached hydrogens (tertiary/aromatic N) is 2. The van der Waals surface area contributed by atoms with Gasteiger partial charge < -0.3 is 0 Å². The first-order chi connectivity index (χ1) is 8.70. The molecule has 2 nitrogen and oxygen atoms in total.